The van der Waals surface area contributed by atoms with E-state index in [2.05, 4.69) is 14.9 Å². The molecule has 3 heterocycles. The van der Waals surface area contributed by atoms with Gasteiger partial charge >= 0.3 is 183 Å². The zero-order valence-corrected chi connectivity index (χ0v) is 23.9. The Hall–Kier alpha value is -2.13. The van der Waals surface area contributed by atoms with E-state index in [4.69, 9.17) is 4.74 Å². The summed E-state index contributed by atoms with van der Waals surface area (Å²) >= 11 is 1.45. The van der Waals surface area contributed by atoms with Gasteiger partial charge in [-0.15, -0.1) is 0 Å². The number of aromatic nitrogens is 2. The molecule has 1 N–H and O–H groups in total. The van der Waals surface area contributed by atoms with E-state index < -0.39 is 10.0 Å². The van der Waals surface area contributed by atoms with Gasteiger partial charge in [0, 0.05) is 0 Å². The summed E-state index contributed by atoms with van der Waals surface area (Å²) in [7, 11) is -1.96. The van der Waals surface area contributed by atoms with Gasteiger partial charge in [-0.3, -0.25) is 0 Å². The van der Waals surface area contributed by atoms with Crippen molar-refractivity contribution in [1.82, 2.24) is 19.2 Å². The van der Waals surface area contributed by atoms with Gasteiger partial charge in [-0.25, -0.2) is 0 Å². The molecule has 0 saturated carbocycles. The average molecular weight is 592 g/mol. The number of ether oxygens (including phenoxy) is 1. The molecule has 1 atom stereocenters. The quantitative estimate of drug-likeness (QED) is 0.268. The molecule has 1 fully saturated rings. The van der Waals surface area contributed by atoms with Gasteiger partial charge in [-0.1, -0.05) is 6.07 Å². The Morgan fingerprint density at radius 3 is 2.94 bits per heavy atom. The van der Waals surface area contributed by atoms with Crippen molar-refractivity contribution in [1.29, 1.82) is 0 Å². The number of nitrogens with one attached hydrogen (secondary N) is 1. The first-order valence-corrected chi connectivity index (χ1v) is 16.8. The van der Waals surface area contributed by atoms with Gasteiger partial charge in [0.1, 0.15) is 5.75 Å². The maximum absolute atomic E-state index is 13.3. The van der Waals surface area contributed by atoms with Gasteiger partial charge in [0.25, 0.3) is 0 Å². The van der Waals surface area contributed by atoms with Crippen LogP contribution in [0.1, 0.15) is 40.9 Å². The largest absolute Gasteiger partial charge is 0.00720 e. The van der Waals surface area contributed by atoms with Crippen LogP contribution >= 0.6 is 11.3 Å². The zero-order chi connectivity index (χ0) is 25.4. The predicted molar refractivity (Wildman–Crippen MR) is 142 cm³/mol. The molecule has 1 aromatic carbocycles. The second-order valence-electron chi connectivity index (χ2n) is 8.68. The van der Waals surface area contributed by atoms with E-state index in [1.54, 1.807) is 47.8 Å². The molecule has 3 aromatic rings. The van der Waals surface area contributed by atoms with Crippen molar-refractivity contribution < 1.29 is 17.9 Å². The molecule has 2 aromatic heterocycles. The fraction of sp³-hybridized carbons (Fsp3) is 0.440. The molecule has 1 radical (unpaired) electrons. The molecule has 1 aliphatic heterocycles. The Morgan fingerprint density at radius 2 is 2.14 bits per heavy atom. The average Bonchev–Trinajstić information content (AvgIpc) is 3.54. The topological polar surface area (TPSA) is 93.5 Å². The van der Waals surface area contributed by atoms with Crippen molar-refractivity contribution in [2.24, 2.45) is 0 Å². The van der Waals surface area contributed by atoms with Crippen molar-refractivity contribution in [3.8, 4) is 5.75 Å². The van der Waals surface area contributed by atoms with Gasteiger partial charge in [-0.2, -0.15) is 0 Å². The third-order valence-electron chi connectivity index (χ3n) is 6.16. The summed E-state index contributed by atoms with van der Waals surface area (Å²) in [5.41, 5.74) is 0.502. The minimum atomic E-state index is -3.52. The molecule has 36 heavy (non-hydrogen) atoms. The van der Waals surface area contributed by atoms with Crippen LogP contribution in [0, 0.1) is 0 Å². The fourth-order valence-electron chi connectivity index (χ4n) is 4.17. The van der Waals surface area contributed by atoms with Crippen LogP contribution < -0.4 is 10.1 Å². The summed E-state index contributed by atoms with van der Waals surface area (Å²) in [5, 5.41) is 4.10. The minimum Gasteiger partial charge on any atom is -0.00720 e. The molecule has 0 aliphatic carbocycles. The smallest absolute Gasteiger partial charge is 0.00720 e. The first kappa shape index (κ1) is 26.9. The van der Waals surface area contributed by atoms with Crippen molar-refractivity contribution in [3.63, 3.8) is 0 Å². The number of hydrogen-bond acceptors (Lipinski definition) is 6. The van der Waals surface area contributed by atoms with E-state index in [1.165, 1.54) is 16.5 Å². The van der Waals surface area contributed by atoms with Crippen LogP contribution in [-0.4, -0.2) is 64.1 Å². The number of sulfonamides is 1. The Labute approximate surface area is 223 Å². The van der Waals surface area contributed by atoms with Gasteiger partial charge in [0.2, 0.25) is 0 Å². The monoisotopic (exact) mass is 591 g/mol. The van der Waals surface area contributed by atoms with Crippen molar-refractivity contribution in [3.05, 3.63) is 65.6 Å². The fourth-order valence-corrected chi connectivity index (χ4v) is 9.95. The number of nitrogens with zero attached hydrogens (tertiary/aromatic N) is 3. The van der Waals surface area contributed by atoms with Crippen LogP contribution in [0.5, 0.6) is 5.75 Å². The Morgan fingerprint density at radius 1 is 1.25 bits per heavy atom. The number of methoxy groups -OCH3 is 1. The number of thiophene rings is 1. The Kier molecular flexibility index (Phi) is 9.65. The van der Waals surface area contributed by atoms with Crippen LogP contribution in [0.3, 0.4) is 0 Å². The molecule has 193 valence electrons. The van der Waals surface area contributed by atoms with E-state index in [-0.39, 0.29) is 28.2 Å². The number of rotatable bonds is 11. The van der Waals surface area contributed by atoms with E-state index >= 15 is 0 Å². The van der Waals surface area contributed by atoms with Crippen LogP contribution in [0.2, 0.25) is 9.91 Å². The second-order valence-corrected chi connectivity index (χ2v) is 15.3. The first-order valence-electron chi connectivity index (χ1n) is 12.1. The number of amides is 1. The molecule has 11 heteroatoms. The molecule has 1 amide bonds. The molecule has 0 bridgehead atoms. The van der Waals surface area contributed by atoms with Crippen LogP contribution in [0.15, 0.2) is 59.3 Å². The number of carbonyl (C=O) groups is 1. The van der Waals surface area contributed by atoms with E-state index in [0.29, 0.717) is 33.3 Å². The minimum absolute atomic E-state index is 0.219. The Balaban J connectivity index is 1.26. The summed E-state index contributed by atoms with van der Waals surface area (Å²) in [4.78, 5) is 17.4. The number of imidazole rings is 1. The molecule has 0 spiro atoms. The summed E-state index contributed by atoms with van der Waals surface area (Å²) in [6, 6.07) is 10.4. The molecular formula is C25H32AsN4O4S2. The second kappa shape index (κ2) is 12.9. The van der Waals surface area contributed by atoms with Gasteiger partial charge < -0.3 is 4.74 Å². The molecule has 1 aliphatic rings. The summed E-state index contributed by atoms with van der Waals surface area (Å²) < 4.78 is 36.6. The van der Waals surface area contributed by atoms with Gasteiger partial charge in [0.15, 0.2) is 0 Å². The molecule has 8 nitrogen and oxygen atoms in total. The summed E-state index contributed by atoms with van der Waals surface area (Å²) in [6.07, 6.45) is 9.79. The Bertz CT molecular complexity index is 1230. The number of benzene rings is 1. The third-order valence-corrected chi connectivity index (χ3v) is 13.0. The van der Waals surface area contributed by atoms with Gasteiger partial charge in [0.05, 0.1) is 7.11 Å². The van der Waals surface area contributed by atoms with Crippen LogP contribution in [-0.2, 0) is 23.1 Å². The third kappa shape index (κ3) is 7.22. The van der Waals surface area contributed by atoms with Crippen molar-refractivity contribution in [2.45, 2.75) is 52.9 Å². The van der Waals surface area contributed by atoms with Crippen LogP contribution in [0.25, 0.3) is 0 Å². The van der Waals surface area contributed by atoms with Crippen molar-refractivity contribution in [2.75, 3.05) is 20.2 Å². The predicted octanol–water partition coefficient (Wildman–Crippen LogP) is 4.06. The molecule has 1 saturated heterocycles. The molecular weight excluding hydrogens is 559 g/mol. The zero-order valence-electron chi connectivity index (χ0n) is 20.4. The summed E-state index contributed by atoms with van der Waals surface area (Å²) in [6.45, 7) is 2.45. The van der Waals surface area contributed by atoms with Crippen LogP contribution in [0.4, 0.5) is 0 Å². The number of carbonyl (C=O) groups excluding carboxylic acids is 1. The van der Waals surface area contributed by atoms with E-state index in [0.717, 1.165) is 37.1 Å². The normalized spacial score (nSPS) is 17.3. The van der Waals surface area contributed by atoms with E-state index in [1.807, 2.05) is 18.7 Å². The van der Waals surface area contributed by atoms with Gasteiger partial charge in [-0.05, 0) is 18.2 Å². The maximum atomic E-state index is 13.3. The van der Waals surface area contributed by atoms with Crippen molar-refractivity contribution >= 4 is 43.0 Å². The van der Waals surface area contributed by atoms with E-state index in [9.17, 15) is 13.2 Å². The molecule has 1 unspecified atom stereocenters. The summed E-state index contributed by atoms with van der Waals surface area (Å²) in [5.74, 6) is 0.390. The SMILES string of the molecule is COc1cccc(C(=O)NCc2ccc(S(=O)(=O)N3CCCC([As]CCCn4ccnc4)CC3)s2)c1. The number of aryl methyl sites for hydroxylation is 1. The number of hydrogen-bond donors (Lipinski definition) is 1. The molecule has 4 rings (SSSR count). The maximum Gasteiger partial charge on any atom is -0.00720 e. The first-order chi connectivity index (χ1) is 17.5. The standard InChI is InChI=1S/C25H32AsN4O4S2/c1-34-22-7-2-5-20(17-22)25(31)28-18-23-8-9-24(35-23)36(32,33)30-14-3-6-21(10-15-30)26-11-4-13-29-16-12-27-19-29/h2,5,7-9,12,16-17,19,21H,3-4,6,10-11,13-15,18H2,1H3,(H,28,31).